The Balaban J connectivity index is 1.30. The van der Waals surface area contributed by atoms with Gasteiger partial charge in [0, 0.05) is 46.4 Å². The average molecular weight is 671 g/mol. The maximum atomic E-state index is 13.4. The third-order valence-electron chi connectivity index (χ3n) is 7.25. The number of rotatable bonds is 11. The second-order valence-electron chi connectivity index (χ2n) is 10.3. The van der Waals surface area contributed by atoms with Crippen LogP contribution in [0.25, 0.3) is 17.2 Å². The molecule has 0 spiro atoms. The molecule has 3 aromatic carbocycles. The monoisotopic (exact) mass is 669 g/mol. The van der Waals surface area contributed by atoms with E-state index in [4.69, 9.17) is 45.3 Å². The van der Waals surface area contributed by atoms with Crippen LogP contribution in [0.1, 0.15) is 35.2 Å². The number of aromatic carboxylic acids is 1. The first-order valence-corrected chi connectivity index (χ1v) is 16.0. The van der Waals surface area contributed by atoms with E-state index < -0.39 is 5.97 Å². The lowest BCUT2D eigenvalue weighted by molar-refractivity contribution is -0.122. The molecule has 0 radical (unpaired) electrons. The van der Waals surface area contributed by atoms with E-state index >= 15 is 0 Å². The molecule has 0 atom stereocenters. The van der Waals surface area contributed by atoms with Crippen LogP contribution < -0.4 is 10.1 Å². The minimum absolute atomic E-state index is 0.00974. The van der Waals surface area contributed by atoms with Gasteiger partial charge in [-0.2, -0.15) is 0 Å². The Morgan fingerprint density at radius 3 is 2.48 bits per heavy atom. The van der Waals surface area contributed by atoms with E-state index in [2.05, 4.69) is 10.2 Å². The summed E-state index contributed by atoms with van der Waals surface area (Å²) in [4.78, 5) is 41.2. The maximum absolute atomic E-state index is 13.4. The molecular formula is C32H29Cl2N3O5S2. The van der Waals surface area contributed by atoms with Gasteiger partial charge in [-0.25, -0.2) is 4.79 Å². The van der Waals surface area contributed by atoms with Gasteiger partial charge in [-0.3, -0.25) is 19.4 Å². The molecule has 0 aromatic heterocycles. The van der Waals surface area contributed by atoms with E-state index in [0.29, 0.717) is 42.9 Å². The zero-order valence-corrected chi connectivity index (χ0v) is 26.7. The number of hydrogen-bond acceptors (Lipinski definition) is 7. The largest absolute Gasteiger partial charge is 0.492 e. The Morgan fingerprint density at radius 1 is 1.02 bits per heavy atom. The predicted molar refractivity (Wildman–Crippen MR) is 180 cm³/mol. The van der Waals surface area contributed by atoms with E-state index in [1.165, 1.54) is 53.8 Å². The highest BCUT2D eigenvalue weighted by molar-refractivity contribution is 8.26. The van der Waals surface area contributed by atoms with E-state index in [1.807, 2.05) is 24.3 Å². The van der Waals surface area contributed by atoms with Crippen LogP contribution in [0.5, 0.6) is 5.75 Å². The van der Waals surface area contributed by atoms with Gasteiger partial charge in [-0.05, 0) is 86.1 Å². The Labute approximate surface area is 275 Å². The molecule has 228 valence electrons. The minimum atomic E-state index is -1.05. The van der Waals surface area contributed by atoms with E-state index in [-0.39, 0.29) is 30.3 Å². The average Bonchev–Trinajstić information content (AvgIpc) is 3.60. The number of anilines is 1. The van der Waals surface area contributed by atoms with Crippen LogP contribution in [0, 0.1) is 0 Å². The number of amides is 2. The van der Waals surface area contributed by atoms with Crippen molar-refractivity contribution in [3.05, 3.63) is 86.7 Å². The van der Waals surface area contributed by atoms with Gasteiger partial charge in [-0.1, -0.05) is 59.3 Å². The Bertz CT molecular complexity index is 1620. The number of benzene rings is 3. The Morgan fingerprint density at radius 2 is 1.77 bits per heavy atom. The Hall–Kier alpha value is -3.41. The summed E-state index contributed by atoms with van der Waals surface area (Å²) < 4.78 is 6.56. The fraction of sp³-hybridized carbons (Fsp3) is 0.250. The van der Waals surface area contributed by atoms with Gasteiger partial charge in [0.1, 0.15) is 16.7 Å². The van der Waals surface area contributed by atoms with Crippen molar-refractivity contribution in [3.63, 3.8) is 0 Å². The van der Waals surface area contributed by atoms with Crippen molar-refractivity contribution in [2.75, 3.05) is 38.1 Å². The number of ether oxygens (including phenoxy) is 1. The van der Waals surface area contributed by atoms with Gasteiger partial charge in [0.25, 0.3) is 5.91 Å². The standard InChI is InChI=1S/C32H29Cl2N3O5S2/c33-23-6-9-25(26(34)19-23)21-5-10-27(42-16-15-36-12-1-2-13-36)22(17-21)18-28-30(39)37(32(43)44-28)14-11-29(38)35-24-7-3-20(4-8-24)31(40)41/h3-10,17-19H,1-2,11-16H2,(H,35,38)(H,40,41). The summed E-state index contributed by atoms with van der Waals surface area (Å²) in [5.41, 5.74) is 2.93. The lowest BCUT2D eigenvalue weighted by atomic mass is 10.0. The zero-order chi connectivity index (χ0) is 31.2. The minimum Gasteiger partial charge on any atom is -0.492 e. The van der Waals surface area contributed by atoms with Gasteiger partial charge in [0.05, 0.1) is 10.5 Å². The number of carboxylic acids is 1. The predicted octanol–water partition coefficient (Wildman–Crippen LogP) is 7.06. The van der Waals surface area contributed by atoms with Crippen LogP contribution in [-0.2, 0) is 9.59 Å². The van der Waals surface area contributed by atoms with Gasteiger partial charge in [0.15, 0.2) is 0 Å². The zero-order valence-electron chi connectivity index (χ0n) is 23.6. The third-order valence-corrected chi connectivity index (χ3v) is 9.18. The number of nitrogens with one attached hydrogen (secondary N) is 1. The fourth-order valence-corrected chi connectivity index (χ4v) is 6.76. The highest BCUT2D eigenvalue weighted by Gasteiger charge is 2.32. The molecule has 2 heterocycles. The van der Waals surface area contributed by atoms with Gasteiger partial charge in [0.2, 0.25) is 5.91 Å². The van der Waals surface area contributed by atoms with Crippen molar-refractivity contribution < 1.29 is 24.2 Å². The molecule has 2 saturated heterocycles. The normalized spacial score (nSPS) is 16.1. The molecule has 2 fully saturated rings. The van der Waals surface area contributed by atoms with Gasteiger partial charge < -0.3 is 15.2 Å². The van der Waals surface area contributed by atoms with Crippen molar-refractivity contribution in [2.45, 2.75) is 19.3 Å². The summed E-state index contributed by atoms with van der Waals surface area (Å²) in [6.45, 7) is 3.57. The number of carboxylic acid groups (broad SMARTS) is 1. The van der Waals surface area contributed by atoms with Crippen molar-refractivity contribution in [3.8, 4) is 16.9 Å². The Kier molecular flexibility index (Phi) is 10.6. The van der Waals surface area contributed by atoms with Crippen LogP contribution in [0.4, 0.5) is 5.69 Å². The summed E-state index contributed by atoms with van der Waals surface area (Å²) in [7, 11) is 0. The number of nitrogens with zero attached hydrogens (tertiary/aromatic N) is 2. The molecule has 0 bridgehead atoms. The van der Waals surface area contributed by atoms with Crippen molar-refractivity contribution in [1.29, 1.82) is 0 Å². The summed E-state index contributed by atoms with van der Waals surface area (Å²) >= 11 is 19.3. The molecule has 2 amide bonds. The quantitative estimate of drug-likeness (QED) is 0.165. The lowest BCUT2D eigenvalue weighted by Gasteiger charge is -2.17. The molecule has 0 saturated carbocycles. The van der Waals surface area contributed by atoms with Crippen molar-refractivity contribution >= 4 is 81.0 Å². The first-order chi connectivity index (χ1) is 21.2. The number of hydrogen-bond donors (Lipinski definition) is 2. The number of thiocarbonyl (C=S) groups is 1. The summed E-state index contributed by atoms with van der Waals surface area (Å²) in [5, 5.41) is 12.8. The van der Waals surface area contributed by atoms with E-state index in [0.717, 1.165) is 30.8 Å². The lowest BCUT2D eigenvalue weighted by Crippen LogP contribution is -2.31. The second kappa shape index (κ2) is 14.6. The second-order valence-corrected chi connectivity index (χ2v) is 12.8. The first-order valence-electron chi connectivity index (χ1n) is 14.0. The number of halogens is 2. The molecule has 0 aliphatic carbocycles. The van der Waals surface area contributed by atoms with Crippen LogP contribution in [-0.4, -0.2) is 69.8 Å². The highest BCUT2D eigenvalue weighted by Crippen LogP contribution is 2.37. The number of likely N-dealkylation sites (tertiary alicyclic amines) is 1. The molecule has 8 nitrogen and oxygen atoms in total. The molecule has 12 heteroatoms. The SMILES string of the molecule is O=C(CCN1C(=O)C(=Cc2cc(-c3ccc(Cl)cc3Cl)ccc2OCCN2CCCC2)SC1=S)Nc1ccc(C(=O)O)cc1. The summed E-state index contributed by atoms with van der Waals surface area (Å²) in [5.74, 6) is -1.04. The molecule has 2 aliphatic rings. The van der Waals surface area contributed by atoms with Gasteiger partial charge >= 0.3 is 5.97 Å². The van der Waals surface area contributed by atoms with Crippen molar-refractivity contribution in [1.82, 2.24) is 9.80 Å². The number of thioether (sulfide) groups is 1. The summed E-state index contributed by atoms with van der Waals surface area (Å²) in [6, 6.07) is 16.9. The maximum Gasteiger partial charge on any atom is 0.335 e. The smallest absolute Gasteiger partial charge is 0.335 e. The topological polar surface area (TPSA) is 99.2 Å². The molecular weight excluding hydrogens is 641 g/mol. The van der Waals surface area contributed by atoms with E-state index in [9.17, 15) is 14.4 Å². The third kappa shape index (κ3) is 7.99. The molecule has 5 rings (SSSR count). The van der Waals surface area contributed by atoms with Crippen LogP contribution in [0.2, 0.25) is 10.0 Å². The highest BCUT2D eigenvalue weighted by atomic mass is 35.5. The van der Waals surface area contributed by atoms with Crippen LogP contribution in [0.3, 0.4) is 0 Å². The van der Waals surface area contributed by atoms with Crippen molar-refractivity contribution in [2.24, 2.45) is 0 Å². The number of carbonyl (C=O) groups is 3. The van der Waals surface area contributed by atoms with E-state index in [1.54, 1.807) is 18.2 Å². The van der Waals surface area contributed by atoms with Gasteiger partial charge in [-0.15, -0.1) is 0 Å². The fourth-order valence-electron chi connectivity index (χ4n) is 4.94. The molecule has 0 unspecified atom stereocenters. The molecule has 2 aliphatic heterocycles. The number of carbonyl (C=O) groups excluding carboxylic acids is 2. The van der Waals surface area contributed by atoms with Crippen LogP contribution >= 0.6 is 47.2 Å². The molecule has 3 aromatic rings. The summed E-state index contributed by atoms with van der Waals surface area (Å²) in [6.07, 6.45) is 4.17. The molecule has 44 heavy (non-hydrogen) atoms. The van der Waals surface area contributed by atoms with Crippen LogP contribution in [0.15, 0.2) is 65.6 Å². The first kappa shape index (κ1) is 32.0. The molecule has 2 N–H and O–H groups in total.